The first-order valence-corrected chi connectivity index (χ1v) is 10.8. The first-order chi connectivity index (χ1) is 15.4. The van der Waals surface area contributed by atoms with E-state index >= 15 is 0 Å². The zero-order chi connectivity index (χ0) is 23.0. The highest BCUT2D eigenvalue weighted by Crippen LogP contribution is 2.42. The molecular weight excluding hydrogens is 426 g/mol. The molecule has 3 aromatic rings. The van der Waals surface area contributed by atoms with Crippen molar-refractivity contribution in [1.82, 2.24) is 19.8 Å². The lowest BCUT2D eigenvalue weighted by Crippen LogP contribution is -2.29. The average Bonchev–Trinajstić information content (AvgIpc) is 3.28. The quantitative estimate of drug-likeness (QED) is 0.338. The standard InChI is InChI=1S/C23H25N5O3S/c1-5-26-22(21(25-23(26)32)18-8-6-7-11-24-18)17-12-14(2)27(15(17)3)19-10-9-16(28(29)30)13-20(19)31-4/h6-13,21-22H,5H2,1-4H3,(H,25,32)/t21-,22+/m0/s1. The Morgan fingerprint density at radius 2 is 2.03 bits per heavy atom. The van der Waals surface area contributed by atoms with Gasteiger partial charge in [0.2, 0.25) is 0 Å². The Kier molecular flexibility index (Phi) is 5.84. The number of nitrogens with zero attached hydrogens (tertiary/aromatic N) is 4. The van der Waals surface area contributed by atoms with E-state index < -0.39 is 4.92 Å². The molecule has 32 heavy (non-hydrogen) atoms. The zero-order valence-corrected chi connectivity index (χ0v) is 19.2. The van der Waals surface area contributed by atoms with Crippen molar-refractivity contribution in [2.24, 2.45) is 0 Å². The fourth-order valence-electron chi connectivity index (χ4n) is 4.51. The van der Waals surface area contributed by atoms with Gasteiger partial charge >= 0.3 is 0 Å². The van der Waals surface area contributed by atoms with Crippen molar-refractivity contribution in [2.75, 3.05) is 13.7 Å². The predicted octanol–water partition coefficient (Wildman–Crippen LogP) is 4.40. The smallest absolute Gasteiger partial charge is 0.273 e. The van der Waals surface area contributed by atoms with Crippen LogP contribution in [0.2, 0.25) is 0 Å². The number of non-ortho nitro benzene ring substituents is 1. The molecule has 1 aliphatic rings. The van der Waals surface area contributed by atoms with Gasteiger partial charge in [-0.1, -0.05) is 6.07 Å². The molecule has 1 fully saturated rings. The summed E-state index contributed by atoms with van der Waals surface area (Å²) in [6.45, 7) is 6.91. The molecule has 0 bridgehead atoms. The van der Waals surface area contributed by atoms with Crippen LogP contribution >= 0.6 is 12.2 Å². The third-order valence-corrected chi connectivity index (χ3v) is 6.29. The van der Waals surface area contributed by atoms with Crippen LogP contribution in [-0.4, -0.2) is 38.1 Å². The molecule has 1 saturated heterocycles. The highest BCUT2D eigenvalue weighted by Gasteiger charge is 2.40. The fraction of sp³-hybridized carbons (Fsp3) is 0.304. The molecule has 2 aromatic heterocycles. The summed E-state index contributed by atoms with van der Waals surface area (Å²) < 4.78 is 7.58. The van der Waals surface area contributed by atoms with E-state index in [2.05, 4.69) is 32.8 Å². The van der Waals surface area contributed by atoms with Gasteiger partial charge in [-0.15, -0.1) is 0 Å². The van der Waals surface area contributed by atoms with Crippen LogP contribution in [-0.2, 0) is 0 Å². The summed E-state index contributed by atoms with van der Waals surface area (Å²) in [7, 11) is 1.52. The van der Waals surface area contributed by atoms with Crippen LogP contribution in [0.15, 0.2) is 48.7 Å². The Bertz CT molecular complexity index is 1180. The maximum atomic E-state index is 11.2. The number of hydrogen-bond acceptors (Lipinski definition) is 5. The number of pyridine rings is 1. The van der Waals surface area contributed by atoms with E-state index in [0.29, 0.717) is 10.9 Å². The summed E-state index contributed by atoms with van der Waals surface area (Å²) in [5, 5.41) is 15.4. The molecule has 1 aromatic carbocycles. The van der Waals surface area contributed by atoms with Gasteiger partial charge in [-0.25, -0.2) is 0 Å². The lowest BCUT2D eigenvalue weighted by Gasteiger charge is -2.27. The molecule has 0 radical (unpaired) electrons. The molecule has 1 N–H and O–H groups in total. The van der Waals surface area contributed by atoms with E-state index in [9.17, 15) is 10.1 Å². The van der Waals surface area contributed by atoms with Gasteiger partial charge < -0.3 is 19.5 Å². The van der Waals surface area contributed by atoms with Crippen LogP contribution in [0.5, 0.6) is 5.75 Å². The normalized spacial score (nSPS) is 18.0. The third kappa shape index (κ3) is 3.58. The lowest BCUT2D eigenvalue weighted by atomic mass is 9.97. The van der Waals surface area contributed by atoms with Crippen LogP contribution in [0.4, 0.5) is 5.69 Å². The number of nitrogens with one attached hydrogen (secondary N) is 1. The van der Waals surface area contributed by atoms with Crippen molar-refractivity contribution in [3.05, 3.63) is 81.4 Å². The van der Waals surface area contributed by atoms with Gasteiger partial charge in [0, 0.05) is 30.2 Å². The van der Waals surface area contributed by atoms with Gasteiger partial charge in [-0.05, 0) is 62.8 Å². The van der Waals surface area contributed by atoms with Crippen molar-refractivity contribution in [1.29, 1.82) is 0 Å². The molecule has 4 rings (SSSR count). The largest absolute Gasteiger partial charge is 0.494 e. The van der Waals surface area contributed by atoms with Gasteiger partial charge in [-0.2, -0.15) is 0 Å². The molecule has 9 heteroatoms. The average molecular weight is 452 g/mol. The second kappa shape index (κ2) is 8.58. The number of ether oxygens (including phenoxy) is 1. The summed E-state index contributed by atoms with van der Waals surface area (Å²) in [5.74, 6) is 0.446. The highest BCUT2D eigenvalue weighted by atomic mass is 32.1. The molecule has 1 aliphatic heterocycles. The number of rotatable bonds is 6. The van der Waals surface area contributed by atoms with E-state index in [0.717, 1.165) is 34.9 Å². The Morgan fingerprint density at radius 1 is 1.25 bits per heavy atom. The summed E-state index contributed by atoms with van der Waals surface area (Å²) in [6.07, 6.45) is 1.79. The van der Waals surface area contributed by atoms with E-state index in [-0.39, 0.29) is 17.8 Å². The number of likely N-dealkylation sites (N-methyl/N-ethyl adjacent to an activating group) is 1. The number of nitro benzene ring substituents is 1. The van der Waals surface area contributed by atoms with E-state index in [1.54, 1.807) is 12.3 Å². The van der Waals surface area contributed by atoms with Crippen molar-refractivity contribution in [2.45, 2.75) is 32.9 Å². The molecule has 3 heterocycles. The number of aromatic nitrogens is 2. The topological polar surface area (TPSA) is 85.5 Å². The summed E-state index contributed by atoms with van der Waals surface area (Å²) in [4.78, 5) is 17.5. The minimum Gasteiger partial charge on any atom is -0.494 e. The summed E-state index contributed by atoms with van der Waals surface area (Å²) in [6, 6.07) is 12.6. The van der Waals surface area contributed by atoms with Gasteiger partial charge in [0.05, 0.1) is 41.6 Å². The molecule has 0 unspecified atom stereocenters. The Labute approximate surface area is 192 Å². The number of hydrogen-bond donors (Lipinski definition) is 1. The molecule has 0 aliphatic carbocycles. The molecule has 8 nitrogen and oxygen atoms in total. The number of nitro groups is 1. The van der Waals surface area contributed by atoms with Gasteiger partial charge in [0.25, 0.3) is 5.69 Å². The predicted molar refractivity (Wildman–Crippen MR) is 126 cm³/mol. The van der Waals surface area contributed by atoms with Crippen molar-refractivity contribution in [3.63, 3.8) is 0 Å². The SMILES string of the molecule is CCN1C(=S)N[C@@H](c2ccccn2)[C@H]1c1cc(C)n(-c2ccc([N+](=O)[O-])cc2OC)c1C. The molecule has 166 valence electrons. The first-order valence-electron chi connectivity index (χ1n) is 10.4. The van der Waals surface area contributed by atoms with Gasteiger partial charge in [0.15, 0.2) is 5.11 Å². The van der Waals surface area contributed by atoms with Crippen molar-refractivity contribution >= 4 is 23.0 Å². The van der Waals surface area contributed by atoms with E-state index in [1.807, 2.05) is 32.0 Å². The fourth-order valence-corrected chi connectivity index (χ4v) is 4.88. The summed E-state index contributed by atoms with van der Waals surface area (Å²) in [5.41, 5.74) is 4.81. The Hall–Kier alpha value is -3.46. The number of benzene rings is 1. The molecule has 0 saturated carbocycles. The maximum Gasteiger partial charge on any atom is 0.273 e. The molecule has 0 amide bonds. The van der Waals surface area contributed by atoms with Crippen LogP contribution in [0, 0.1) is 24.0 Å². The van der Waals surface area contributed by atoms with Crippen molar-refractivity contribution in [3.8, 4) is 11.4 Å². The van der Waals surface area contributed by atoms with E-state index in [1.165, 1.54) is 19.2 Å². The monoisotopic (exact) mass is 451 g/mol. The van der Waals surface area contributed by atoms with Crippen LogP contribution in [0.3, 0.4) is 0 Å². The Balaban J connectivity index is 1.85. The van der Waals surface area contributed by atoms with Crippen LogP contribution < -0.4 is 10.1 Å². The first kappa shape index (κ1) is 21.8. The third-order valence-electron chi connectivity index (χ3n) is 5.94. The molecular formula is C23H25N5O3S. The van der Waals surface area contributed by atoms with Crippen molar-refractivity contribution < 1.29 is 9.66 Å². The number of thiocarbonyl (C=S) groups is 1. The van der Waals surface area contributed by atoms with Crippen LogP contribution in [0.25, 0.3) is 5.69 Å². The highest BCUT2D eigenvalue weighted by molar-refractivity contribution is 7.80. The second-order valence-corrected chi connectivity index (χ2v) is 8.07. The van der Waals surface area contributed by atoms with Crippen LogP contribution in [0.1, 0.15) is 41.7 Å². The summed E-state index contributed by atoms with van der Waals surface area (Å²) >= 11 is 5.64. The van der Waals surface area contributed by atoms with Gasteiger partial charge in [-0.3, -0.25) is 15.1 Å². The lowest BCUT2D eigenvalue weighted by molar-refractivity contribution is -0.384. The minimum atomic E-state index is -0.422. The molecule has 0 spiro atoms. The maximum absolute atomic E-state index is 11.2. The zero-order valence-electron chi connectivity index (χ0n) is 18.4. The molecule has 2 atom stereocenters. The van der Waals surface area contributed by atoms with E-state index in [4.69, 9.17) is 17.0 Å². The minimum absolute atomic E-state index is 0.00833. The Morgan fingerprint density at radius 3 is 2.66 bits per heavy atom. The number of aryl methyl sites for hydroxylation is 1. The second-order valence-electron chi connectivity index (χ2n) is 7.69. The van der Waals surface area contributed by atoms with Gasteiger partial charge in [0.1, 0.15) is 5.75 Å². The number of methoxy groups -OCH3 is 1.